The molecular weight excluding hydrogens is 535 g/mol. The molecule has 0 saturated carbocycles. The molecule has 1 fully saturated rings. The zero-order valence-electron chi connectivity index (χ0n) is 19.7. The smallest absolute Gasteiger partial charge is 0.266 e. The van der Waals surface area contributed by atoms with E-state index in [-0.39, 0.29) is 28.1 Å². The maximum Gasteiger partial charge on any atom is 0.266 e. The second-order valence-corrected chi connectivity index (χ2v) is 10.0. The Bertz CT molecular complexity index is 1370. The first-order chi connectivity index (χ1) is 17.9. The lowest BCUT2D eigenvalue weighted by molar-refractivity contribution is -0.122. The second kappa shape index (κ2) is 12.2. The van der Waals surface area contributed by atoms with Gasteiger partial charge in [0.1, 0.15) is 10.1 Å². The number of hydrogen-bond acceptors (Lipinski definition) is 6. The van der Waals surface area contributed by atoms with Crippen LogP contribution in [0.4, 0.5) is 10.1 Å². The van der Waals surface area contributed by atoms with Gasteiger partial charge in [0.05, 0.1) is 22.7 Å². The number of hydrogen-bond donors (Lipinski definition) is 1. The molecule has 1 heterocycles. The van der Waals surface area contributed by atoms with Crippen molar-refractivity contribution in [2.24, 2.45) is 0 Å². The van der Waals surface area contributed by atoms with E-state index in [1.54, 1.807) is 29.2 Å². The fourth-order valence-electron chi connectivity index (χ4n) is 3.58. The number of thioether (sulfide) groups is 1. The summed E-state index contributed by atoms with van der Waals surface area (Å²) >= 11 is 13.1. The van der Waals surface area contributed by atoms with Crippen LogP contribution in [0.3, 0.4) is 0 Å². The van der Waals surface area contributed by atoms with E-state index in [0.29, 0.717) is 27.8 Å². The lowest BCUT2D eigenvalue weighted by Gasteiger charge is -2.14. The van der Waals surface area contributed by atoms with Crippen LogP contribution in [0.1, 0.15) is 11.1 Å². The van der Waals surface area contributed by atoms with Gasteiger partial charge in [-0.15, -0.1) is 0 Å². The van der Waals surface area contributed by atoms with Crippen LogP contribution in [0.25, 0.3) is 6.08 Å². The Balaban J connectivity index is 1.44. The summed E-state index contributed by atoms with van der Waals surface area (Å²) < 4.78 is 25.2. The number of anilines is 1. The first-order valence-corrected chi connectivity index (χ1v) is 12.8. The van der Waals surface area contributed by atoms with Crippen LogP contribution in [-0.4, -0.2) is 41.3 Å². The minimum atomic E-state index is -0.563. The van der Waals surface area contributed by atoms with Crippen molar-refractivity contribution in [1.29, 1.82) is 0 Å². The fourth-order valence-corrected chi connectivity index (χ4v) is 5.16. The van der Waals surface area contributed by atoms with Crippen LogP contribution < -0.4 is 14.8 Å². The molecule has 10 heteroatoms. The van der Waals surface area contributed by atoms with E-state index in [9.17, 15) is 14.0 Å². The predicted octanol–water partition coefficient (Wildman–Crippen LogP) is 5.95. The zero-order chi connectivity index (χ0) is 26.4. The molecule has 37 heavy (non-hydrogen) atoms. The van der Waals surface area contributed by atoms with E-state index >= 15 is 0 Å². The molecule has 0 radical (unpaired) electrons. The number of nitrogens with one attached hydrogen (secondary N) is 1. The monoisotopic (exact) mass is 556 g/mol. The van der Waals surface area contributed by atoms with Gasteiger partial charge in [0.25, 0.3) is 11.8 Å². The molecule has 1 aliphatic heterocycles. The molecule has 2 amide bonds. The molecule has 3 aromatic carbocycles. The van der Waals surface area contributed by atoms with E-state index in [4.69, 9.17) is 33.3 Å². The standard InChI is InChI=1S/C27H22ClFN2O4S2/c1-34-22-14-18(13-19(28)25(22)35-16-24(32)30-21-10-6-5-9-20(21)29)15-23-26(33)31(27(36)37-23)12-11-17-7-3-2-4-8-17/h2-10,13-15H,11-12,16H2,1H3,(H,30,32)/b23-15-. The van der Waals surface area contributed by atoms with Crippen molar-refractivity contribution in [1.82, 2.24) is 4.90 Å². The molecule has 1 N–H and O–H groups in total. The lowest BCUT2D eigenvalue weighted by atomic mass is 10.1. The first-order valence-electron chi connectivity index (χ1n) is 11.2. The van der Waals surface area contributed by atoms with Crippen molar-refractivity contribution in [2.45, 2.75) is 6.42 Å². The summed E-state index contributed by atoms with van der Waals surface area (Å²) in [5.41, 5.74) is 1.77. The number of thiocarbonyl (C=S) groups is 1. The highest BCUT2D eigenvalue weighted by atomic mass is 35.5. The summed E-state index contributed by atoms with van der Waals surface area (Å²) in [5, 5.41) is 2.63. The number of ether oxygens (including phenoxy) is 2. The van der Waals surface area contributed by atoms with Gasteiger partial charge in [-0.3, -0.25) is 14.5 Å². The van der Waals surface area contributed by atoms with Gasteiger partial charge in [-0.1, -0.05) is 78.0 Å². The van der Waals surface area contributed by atoms with Crippen LogP contribution in [-0.2, 0) is 16.0 Å². The molecule has 190 valence electrons. The Hall–Kier alpha value is -3.40. The summed E-state index contributed by atoms with van der Waals surface area (Å²) in [5.74, 6) is -0.865. The van der Waals surface area contributed by atoms with Crippen LogP contribution in [0.15, 0.2) is 71.6 Å². The summed E-state index contributed by atoms with van der Waals surface area (Å²) in [6, 6.07) is 18.9. The molecule has 6 nitrogen and oxygen atoms in total. The Morgan fingerprint density at radius 1 is 1.16 bits per heavy atom. The van der Waals surface area contributed by atoms with E-state index in [0.717, 1.165) is 5.56 Å². The summed E-state index contributed by atoms with van der Waals surface area (Å²) in [7, 11) is 1.44. The van der Waals surface area contributed by atoms with Gasteiger partial charge in [0.15, 0.2) is 18.1 Å². The molecule has 0 unspecified atom stereocenters. The molecule has 1 saturated heterocycles. The molecule has 3 aromatic rings. The van der Waals surface area contributed by atoms with Crippen molar-refractivity contribution in [3.05, 3.63) is 93.6 Å². The van der Waals surface area contributed by atoms with Crippen LogP contribution in [0.5, 0.6) is 11.5 Å². The summed E-state index contributed by atoms with van der Waals surface area (Å²) in [6.07, 6.45) is 2.38. The molecule has 0 atom stereocenters. The fraction of sp³-hybridized carbons (Fsp3) is 0.148. The van der Waals surface area contributed by atoms with E-state index in [1.807, 2.05) is 30.3 Å². The van der Waals surface area contributed by atoms with Crippen LogP contribution >= 0.6 is 35.6 Å². The molecular formula is C27H22ClFN2O4S2. The van der Waals surface area contributed by atoms with Crippen LogP contribution in [0, 0.1) is 5.82 Å². The highest BCUT2D eigenvalue weighted by Crippen LogP contribution is 2.39. The topological polar surface area (TPSA) is 67.9 Å². The third kappa shape index (κ3) is 6.68. The molecule has 0 bridgehead atoms. The number of rotatable bonds is 9. The summed E-state index contributed by atoms with van der Waals surface area (Å²) in [6.45, 7) is 0.0711. The van der Waals surface area contributed by atoms with Gasteiger partial charge in [-0.2, -0.15) is 0 Å². The van der Waals surface area contributed by atoms with Crippen molar-refractivity contribution < 1.29 is 23.5 Å². The molecule has 4 rings (SSSR count). The largest absolute Gasteiger partial charge is 0.493 e. The van der Waals surface area contributed by atoms with Gasteiger partial charge in [0, 0.05) is 6.54 Å². The minimum Gasteiger partial charge on any atom is -0.493 e. The Morgan fingerprint density at radius 3 is 2.62 bits per heavy atom. The Labute approximate surface area is 228 Å². The third-order valence-corrected chi connectivity index (χ3v) is 7.04. The number of carbonyl (C=O) groups is 2. The minimum absolute atomic E-state index is 0.0468. The highest BCUT2D eigenvalue weighted by molar-refractivity contribution is 8.26. The number of nitrogens with zero attached hydrogens (tertiary/aromatic N) is 1. The van der Waals surface area contributed by atoms with Crippen molar-refractivity contribution in [3.8, 4) is 11.5 Å². The normalized spacial score (nSPS) is 14.2. The maximum absolute atomic E-state index is 13.8. The average Bonchev–Trinajstić information content (AvgIpc) is 3.15. The number of para-hydroxylation sites is 1. The maximum atomic E-state index is 13.8. The van der Waals surface area contributed by atoms with Crippen LogP contribution in [0.2, 0.25) is 5.02 Å². The van der Waals surface area contributed by atoms with Crippen molar-refractivity contribution in [3.63, 3.8) is 0 Å². The van der Waals surface area contributed by atoms with Gasteiger partial charge < -0.3 is 14.8 Å². The van der Waals surface area contributed by atoms with Gasteiger partial charge in [-0.25, -0.2) is 4.39 Å². The first kappa shape index (κ1) is 26.7. The number of carbonyl (C=O) groups excluding carboxylic acids is 2. The van der Waals surface area contributed by atoms with Crippen molar-refractivity contribution >= 4 is 63.5 Å². The summed E-state index contributed by atoms with van der Waals surface area (Å²) in [4.78, 5) is 27.3. The SMILES string of the molecule is COc1cc(/C=C2\SC(=S)N(CCc3ccccc3)C2=O)cc(Cl)c1OCC(=O)Nc1ccccc1F. The van der Waals surface area contributed by atoms with E-state index in [1.165, 1.54) is 37.1 Å². The van der Waals surface area contributed by atoms with E-state index in [2.05, 4.69) is 5.32 Å². The Morgan fingerprint density at radius 2 is 1.89 bits per heavy atom. The Kier molecular flexibility index (Phi) is 8.81. The van der Waals surface area contributed by atoms with Gasteiger partial charge >= 0.3 is 0 Å². The van der Waals surface area contributed by atoms with Crippen molar-refractivity contribution in [2.75, 3.05) is 25.6 Å². The number of methoxy groups -OCH3 is 1. The lowest BCUT2D eigenvalue weighted by Crippen LogP contribution is -2.30. The molecule has 0 spiro atoms. The van der Waals surface area contributed by atoms with Gasteiger partial charge in [-0.05, 0) is 47.9 Å². The van der Waals surface area contributed by atoms with E-state index < -0.39 is 18.3 Å². The van der Waals surface area contributed by atoms with Gasteiger partial charge in [0.2, 0.25) is 0 Å². The predicted molar refractivity (Wildman–Crippen MR) is 149 cm³/mol. The molecule has 0 aromatic heterocycles. The number of halogens is 2. The highest BCUT2D eigenvalue weighted by Gasteiger charge is 2.31. The molecule has 0 aliphatic carbocycles. The quantitative estimate of drug-likeness (QED) is 0.259. The second-order valence-electron chi connectivity index (χ2n) is 7.92. The third-order valence-electron chi connectivity index (χ3n) is 5.39. The number of amides is 2. The number of benzene rings is 3. The zero-order valence-corrected chi connectivity index (χ0v) is 22.1. The average molecular weight is 557 g/mol. The molecule has 1 aliphatic rings.